The zero-order chi connectivity index (χ0) is 14.3. The van der Waals surface area contributed by atoms with Crippen LogP contribution in [0.4, 0.5) is 5.69 Å². The first-order valence-corrected chi connectivity index (χ1v) is 6.09. The Morgan fingerprint density at radius 3 is 2.95 bits per heavy atom. The standard InChI is InChI=1S/C14H19N3O2/c1-11(14(18)16-7-8-19-3)17(2)13-6-4-5-12(9-13)10-15/h4-6,9,11H,7-8H2,1-3H3,(H,16,18). The van der Waals surface area contributed by atoms with Crippen LogP contribution in [0.2, 0.25) is 0 Å². The number of ether oxygens (including phenoxy) is 1. The summed E-state index contributed by atoms with van der Waals surface area (Å²) in [5.41, 5.74) is 1.42. The molecule has 0 spiro atoms. The van der Waals surface area contributed by atoms with Crippen molar-refractivity contribution in [3.8, 4) is 6.07 Å². The summed E-state index contributed by atoms with van der Waals surface area (Å²) in [4.78, 5) is 13.8. The number of benzene rings is 1. The minimum absolute atomic E-state index is 0.0677. The van der Waals surface area contributed by atoms with Gasteiger partial charge in [-0.2, -0.15) is 5.26 Å². The van der Waals surface area contributed by atoms with E-state index in [1.54, 1.807) is 25.3 Å². The van der Waals surface area contributed by atoms with E-state index in [0.717, 1.165) is 5.69 Å². The van der Waals surface area contributed by atoms with Gasteiger partial charge < -0.3 is 15.0 Å². The molecule has 1 atom stereocenters. The van der Waals surface area contributed by atoms with Gasteiger partial charge in [0.25, 0.3) is 0 Å². The number of nitriles is 1. The lowest BCUT2D eigenvalue weighted by Gasteiger charge is -2.26. The number of methoxy groups -OCH3 is 1. The highest BCUT2D eigenvalue weighted by Gasteiger charge is 2.18. The summed E-state index contributed by atoms with van der Waals surface area (Å²) < 4.78 is 4.88. The van der Waals surface area contributed by atoms with Gasteiger partial charge in [0.15, 0.2) is 0 Å². The smallest absolute Gasteiger partial charge is 0.242 e. The maximum absolute atomic E-state index is 11.9. The van der Waals surface area contributed by atoms with E-state index in [9.17, 15) is 4.79 Å². The van der Waals surface area contributed by atoms with Crippen molar-refractivity contribution in [1.29, 1.82) is 5.26 Å². The molecular formula is C14H19N3O2. The third kappa shape index (κ3) is 4.27. The van der Waals surface area contributed by atoms with E-state index in [2.05, 4.69) is 11.4 Å². The Hall–Kier alpha value is -2.06. The predicted molar refractivity (Wildman–Crippen MR) is 73.9 cm³/mol. The molecule has 0 radical (unpaired) electrons. The van der Waals surface area contributed by atoms with Crippen LogP contribution in [-0.4, -0.2) is 39.3 Å². The molecule has 1 rings (SSSR count). The minimum Gasteiger partial charge on any atom is -0.383 e. The molecule has 0 fully saturated rings. The van der Waals surface area contributed by atoms with Gasteiger partial charge in [-0.1, -0.05) is 6.07 Å². The third-order valence-corrected chi connectivity index (χ3v) is 2.95. The molecule has 102 valence electrons. The van der Waals surface area contributed by atoms with Crippen LogP contribution >= 0.6 is 0 Å². The van der Waals surface area contributed by atoms with Gasteiger partial charge in [0, 0.05) is 26.4 Å². The summed E-state index contributed by atoms with van der Waals surface area (Å²) in [5.74, 6) is -0.0677. The van der Waals surface area contributed by atoms with Crippen LogP contribution in [0.5, 0.6) is 0 Å². The largest absolute Gasteiger partial charge is 0.383 e. The molecule has 1 amide bonds. The van der Waals surface area contributed by atoms with Crippen LogP contribution in [0, 0.1) is 11.3 Å². The third-order valence-electron chi connectivity index (χ3n) is 2.95. The number of likely N-dealkylation sites (N-methyl/N-ethyl adjacent to an activating group) is 1. The molecule has 0 saturated carbocycles. The zero-order valence-corrected chi connectivity index (χ0v) is 11.5. The van der Waals surface area contributed by atoms with Gasteiger partial charge in [-0.3, -0.25) is 4.79 Å². The Morgan fingerprint density at radius 1 is 1.58 bits per heavy atom. The highest BCUT2D eigenvalue weighted by molar-refractivity contribution is 5.84. The van der Waals surface area contributed by atoms with Crippen molar-refractivity contribution in [2.24, 2.45) is 0 Å². The van der Waals surface area contributed by atoms with Crippen LogP contribution in [0.3, 0.4) is 0 Å². The monoisotopic (exact) mass is 261 g/mol. The number of hydrogen-bond acceptors (Lipinski definition) is 4. The summed E-state index contributed by atoms with van der Waals surface area (Å²) >= 11 is 0. The molecule has 5 heteroatoms. The molecule has 0 aliphatic rings. The van der Waals surface area contributed by atoms with E-state index in [1.165, 1.54) is 0 Å². The summed E-state index contributed by atoms with van der Waals surface area (Å²) in [6.07, 6.45) is 0. The SMILES string of the molecule is COCCNC(=O)C(C)N(C)c1cccc(C#N)c1. The van der Waals surface area contributed by atoms with Gasteiger partial charge in [0.05, 0.1) is 18.2 Å². The van der Waals surface area contributed by atoms with Gasteiger partial charge >= 0.3 is 0 Å². The van der Waals surface area contributed by atoms with E-state index in [-0.39, 0.29) is 11.9 Å². The topological polar surface area (TPSA) is 65.4 Å². The number of hydrogen-bond donors (Lipinski definition) is 1. The highest BCUT2D eigenvalue weighted by Crippen LogP contribution is 2.16. The Bertz CT molecular complexity index is 468. The van der Waals surface area contributed by atoms with Crippen LogP contribution in [0.1, 0.15) is 12.5 Å². The van der Waals surface area contributed by atoms with Gasteiger partial charge in [-0.25, -0.2) is 0 Å². The molecule has 1 aromatic rings. The molecule has 0 aliphatic heterocycles. The fourth-order valence-electron chi connectivity index (χ4n) is 1.62. The second kappa shape index (κ2) is 7.39. The molecule has 1 N–H and O–H groups in total. The van der Waals surface area contributed by atoms with E-state index in [1.807, 2.05) is 24.9 Å². The Morgan fingerprint density at radius 2 is 2.32 bits per heavy atom. The summed E-state index contributed by atoms with van der Waals surface area (Å²) in [6, 6.07) is 8.95. The fraction of sp³-hybridized carbons (Fsp3) is 0.429. The molecule has 1 unspecified atom stereocenters. The highest BCUT2D eigenvalue weighted by atomic mass is 16.5. The van der Waals surface area contributed by atoms with Gasteiger partial charge in [-0.15, -0.1) is 0 Å². The summed E-state index contributed by atoms with van der Waals surface area (Å²) in [6.45, 7) is 2.80. The van der Waals surface area contributed by atoms with Gasteiger partial charge in [-0.05, 0) is 25.1 Å². The quantitative estimate of drug-likeness (QED) is 0.780. The number of carbonyl (C=O) groups excluding carboxylic acids is 1. The fourth-order valence-corrected chi connectivity index (χ4v) is 1.62. The van der Waals surface area contributed by atoms with E-state index in [4.69, 9.17) is 10.00 Å². The molecular weight excluding hydrogens is 242 g/mol. The Balaban J connectivity index is 2.67. The molecule has 0 heterocycles. The van der Waals surface area contributed by atoms with Crippen molar-refractivity contribution < 1.29 is 9.53 Å². The van der Waals surface area contributed by atoms with Crippen LogP contribution in [0.25, 0.3) is 0 Å². The van der Waals surface area contributed by atoms with Crippen LogP contribution in [-0.2, 0) is 9.53 Å². The first kappa shape index (κ1) is 15.0. The van der Waals surface area contributed by atoms with E-state index >= 15 is 0 Å². The zero-order valence-electron chi connectivity index (χ0n) is 11.5. The van der Waals surface area contributed by atoms with E-state index < -0.39 is 0 Å². The van der Waals surface area contributed by atoms with Crippen LogP contribution < -0.4 is 10.2 Å². The van der Waals surface area contributed by atoms with Crippen molar-refractivity contribution >= 4 is 11.6 Å². The molecule has 19 heavy (non-hydrogen) atoms. The van der Waals surface area contributed by atoms with E-state index in [0.29, 0.717) is 18.7 Å². The average Bonchev–Trinajstić information content (AvgIpc) is 2.45. The Kier molecular flexibility index (Phi) is 5.83. The number of nitrogens with one attached hydrogen (secondary N) is 1. The molecule has 5 nitrogen and oxygen atoms in total. The van der Waals surface area contributed by atoms with Crippen molar-refractivity contribution in [3.05, 3.63) is 29.8 Å². The van der Waals surface area contributed by atoms with Gasteiger partial charge in [0.1, 0.15) is 6.04 Å². The minimum atomic E-state index is -0.314. The number of rotatable bonds is 6. The lowest BCUT2D eigenvalue weighted by atomic mass is 10.1. The van der Waals surface area contributed by atoms with Crippen molar-refractivity contribution in [2.75, 3.05) is 32.2 Å². The maximum atomic E-state index is 11.9. The van der Waals surface area contributed by atoms with Crippen molar-refractivity contribution in [3.63, 3.8) is 0 Å². The van der Waals surface area contributed by atoms with Crippen molar-refractivity contribution in [1.82, 2.24) is 5.32 Å². The molecule has 0 aromatic heterocycles. The molecule has 0 aliphatic carbocycles. The predicted octanol–water partition coefficient (Wildman–Crippen LogP) is 1.15. The average molecular weight is 261 g/mol. The normalized spacial score (nSPS) is 11.5. The Labute approximate surface area is 113 Å². The summed E-state index contributed by atoms with van der Waals surface area (Å²) in [7, 11) is 3.42. The lowest BCUT2D eigenvalue weighted by molar-refractivity contribution is -0.122. The van der Waals surface area contributed by atoms with Crippen molar-refractivity contribution in [2.45, 2.75) is 13.0 Å². The number of carbonyl (C=O) groups is 1. The van der Waals surface area contributed by atoms with Gasteiger partial charge in [0.2, 0.25) is 5.91 Å². The summed E-state index contributed by atoms with van der Waals surface area (Å²) in [5, 5.41) is 11.7. The number of nitrogens with zero attached hydrogens (tertiary/aromatic N) is 2. The molecule has 1 aromatic carbocycles. The second-order valence-corrected chi connectivity index (χ2v) is 4.23. The van der Waals surface area contributed by atoms with Crippen LogP contribution in [0.15, 0.2) is 24.3 Å². The number of amides is 1. The number of anilines is 1. The first-order chi connectivity index (χ1) is 9.10. The second-order valence-electron chi connectivity index (χ2n) is 4.23. The maximum Gasteiger partial charge on any atom is 0.242 e. The first-order valence-electron chi connectivity index (χ1n) is 6.09. The lowest BCUT2D eigenvalue weighted by Crippen LogP contribution is -2.44. The molecule has 0 saturated heterocycles. The molecule has 0 bridgehead atoms.